The molecule has 0 amide bonds. The van der Waals surface area contributed by atoms with E-state index < -0.39 is 29.1 Å². The normalized spacial score (nSPS) is 11.2. The van der Waals surface area contributed by atoms with Crippen LogP contribution in [0.5, 0.6) is 0 Å². The summed E-state index contributed by atoms with van der Waals surface area (Å²) in [5, 5.41) is 18.2. The van der Waals surface area contributed by atoms with E-state index >= 15 is 0 Å². The molecule has 4 aromatic rings. The zero-order valence-electron chi connectivity index (χ0n) is 16.9. The van der Waals surface area contributed by atoms with Crippen molar-refractivity contribution in [1.82, 2.24) is 13.5 Å². The van der Waals surface area contributed by atoms with Crippen molar-refractivity contribution < 1.29 is 28.2 Å². The Bertz CT molecular complexity index is 1430. The number of rotatable bonds is 3. The van der Waals surface area contributed by atoms with Gasteiger partial charge < -0.3 is 10.2 Å². The smallest absolute Gasteiger partial charge is 0.431 e. The highest BCUT2D eigenvalue weighted by molar-refractivity contribution is 7.13. The summed E-state index contributed by atoms with van der Waals surface area (Å²) < 4.78 is 44.4. The van der Waals surface area contributed by atoms with Gasteiger partial charge in [-0.15, -0.1) is 0 Å². The number of halogens is 3. The average Bonchev–Trinajstić information content (AvgIpc) is 3.19. The molecule has 2 aromatic heterocycles. The molecule has 0 saturated carbocycles. The molecule has 2 aromatic carbocycles. The molecule has 0 radical (unpaired) electrons. The standard InChI is InChI=1S/C14H10F3N3O3S.C7H6O2/c1-19-11(14(15,16)17)5-12(22)20(13(19)23)7-2-3-10-8(4-7)9(6-21)18-24-10;8-7(9)6-4-2-1-3-5-6/h2-5,21H,6H2,1H3;1-5H,(H,8,9). The Balaban J connectivity index is 0.000000286. The first-order chi connectivity index (χ1) is 15.5. The number of nitrogens with zero attached hydrogens (tertiary/aromatic N) is 3. The fourth-order valence-corrected chi connectivity index (χ4v) is 3.71. The van der Waals surface area contributed by atoms with E-state index in [2.05, 4.69) is 4.37 Å². The number of aliphatic hydroxyl groups excluding tert-OH is 1. The Hall–Kier alpha value is -3.77. The van der Waals surface area contributed by atoms with Gasteiger partial charge >= 0.3 is 17.8 Å². The van der Waals surface area contributed by atoms with Crippen LogP contribution in [0.15, 0.2) is 64.2 Å². The molecule has 2 N–H and O–H groups in total. The first-order valence-electron chi connectivity index (χ1n) is 9.22. The third-order valence-corrected chi connectivity index (χ3v) is 5.43. The van der Waals surface area contributed by atoms with Crippen LogP contribution < -0.4 is 11.2 Å². The topological polar surface area (TPSA) is 114 Å². The van der Waals surface area contributed by atoms with Gasteiger partial charge in [-0.3, -0.25) is 9.36 Å². The van der Waals surface area contributed by atoms with Crippen LogP contribution in [-0.2, 0) is 19.8 Å². The highest BCUT2D eigenvalue weighted by atomic mass is 32.1. The molecule has 8 nitrogen and oxygen atoms in total. The summed E-state index contributed by atoms with van der Waals surface area (Å²) in [6.45, 7) is -0.330. The summed E-state index contributed by atoms with van der Waals surface area (Å²) >= 11 is 1.13. The molecule has 4 rings (SSSR count). The summed E-state index contributed by atoms with van der Waals surface area (Å²) in [6.07, 6.45) is -4.81. The largest absolute Gasteiger partial charge is 0.478 e. The molecule has 0 spiro atoms. The van der Waals surface area contributed by atoms with E-state index in [4.69, 9.17) is 5.11 Å². The van der Waals surface area contributed by atoms with Gasteiger partial charge in [0.15, 0.2) is 0 Å². The van der Waals surface area contributed by atoms with Crippen LogP contribution in [0.1, 0.15) is 21.7 Å². The molecule has 0 bridgehead atoms. The number of benzene rings is 2. The van der Waals surface area contributed by atoms with Crippen molar-refractivity contribution in [2.24, 2.45) is 7.05 Å². The molecule has 0 fully saturated rings. The molecule has 0 aliphatic heterocycles. The molecule has 33 heavy (non-hydrogen) atoms. The van der Waals surface area contributed by atoms with E-state index in [0.29, 0.717) is 31.8 Å². The summed E-state index contributed by atoms with van der Waals surface area (Å²) in [6, 6.07) is 13.2. The van der Waals surface area contributed by atoms with Gasteiger partial charge in [0.05, 0.1) is 28.3 Å². The van der Waals surface area contributed by atoms with Crippen molar-refractivity contribution in [2.75, 3.05) is 0 Å². The first-order valence-corrected chi connectivity index (χ1v) is 10.00. The molecule has 12 heteroatoms. The maximum absolute atomic E-state index is 12.9. The van der Waals surface area contributed by atoms with Crippen LogP contribution in [0.3, 0.4) is 0 Å². The fraction of sp³-hybridized carbons (Fsp3) is 0.143. The van der Waals surface area contributed by atoms with Crippen molar-refractivity contribution in [3.8, 4) is 5.69 Å². The second-order valence-electron chi connectivity index (χ2n) is 6.68. The van der Waals surface area contributed by atoms with Crippen LogP contribution in [-0.4, -0.2) is 29.7 Å². The number of alkyl halides is 3. The number of hydrogen-bond donors (Lipinski definition) is 2. The van der Waals surface area contributed by atoms with E-state index in [-0.39, 0.29) is 12.3 Å². The Labute approximate surface area is 187 Å². The highest BCUT2D eigenvalue weighted by Crippen LogP contribution is 2.27. The Morgan fingerprint density at radius 2 is 1.76 bits per heavy atom. The number of carbonyl (C=O) groups is 1. The average molecular weight is 479 g/mol. The minimum absolute atomic E-state index is 0.108. The molecule has 0 unspecified atom stereocenters. The lowest BCUT2D eigenvalue weighted by Gasteiger charge is -2.13. The van der Waals surface area contributed by atoms with Crippen molar-refractivity contribution in [1.29, 1.82) is 0 Å². The summed E-state index contributed by atoms with van der Waals surface area (Å²) in [4.78, 5) is 34.5. The SMILES string of the molecule is Cn1c(C(F)(F)F)cc(=O)n(-c2ccc3snc(CO)c3c2)c1=O.O=C(O)c1ccccc1. The number of aromatic nitrogens is 3. The number of aromatic carboxylic acids is 1. The number of aliphatic hydroxyl groups is 1. The van der Waals surface area contributed by atoms with Crippen molar-refractivity contribution in [2.45, 2.75) is 12.8 Å². The maximum atomic E-state index is 12.9. The zero-order valence-corrected chi connectivity index (χ0v) is 17.7. The van der Waals surface area contributed by atoms with E-state index in [1.807, 2.05) is 0 Å². The monoisotopic (exact) mass is 479 g/mol. The molecule has 0 atom stereocenters. The molecular formula is C21H16F3N3O5S. The molecule has 172 valence electrons. The lowest BCUT2D eigenvalue weighted by molar-refractivity contribution is -0.144. The van der Waals surface area contributed by atoms with Gasteiger partial charge in [0.25, 0.3) is 5.56 Å². The number of carboxylic acids is 1. The molecule has 0 aliphatic rings. The second kappa shape index (κ2) is 9.38. The molecular weight excluding hydrogens is 463 g/mol. The third-order valence-electron chi connectivity index (χ3n) is 4.57. The van der Waals surface area contributed by atoms with Gasteiger partial charge in [0.1, 0.15) is 5.69 Å². The van der Waals surface area contributed by atoms with Gasteiger partial charge in [-0.25, -0.2) is 14.2 Å². The summed E-state index contributed by atoms with van der Waals surface area (Å²) in [7, 11) is 0.949. The zero-order chi connectivity index (χ0) is 24.3. The minimum Gasteiger partial charge on any atom is -0.478 e. The lowest BCUT2D eigenvalue weighted by atomic mass is 10.2. The van der Waals surface area contributed by atoms with E-state index in [9.17, 15) is 32.7 Å². The molecule has 0 saturated heterocycles. The van der Waals surface area contributed by atoms with E-state index in [1.165, 1.54) is 12.1 Å². The van der Waals surface area contributed by atoms with Gasteiger partial charge in [0, 0.05) is 18.5 Å². The Kier molecular flexibility index (Phi) is 6.79. The van der Waals surface area contributed by atoms with Gasteiger partial charge in [-0.1, -0.05) is 18.2 Å². The molecule has 0 aliphatic carbocycles. The quantitative estimate of drug-likeness (QED) is 0.467. The number of carboxylic acid groups (broad SMARTS) is 1. The number of hydrogen-bond acceptors (Lipinski definition) is 6. The summed E-state index contributed by atoms with van der Waals surface area (Å²) in [5.41, 5.74) is -2.70. The van der Waals surface area contributed by atoms with Crippen LogP contribution in [0.25, 0.3) is 15.8 Å². The Morgan fingerprint density at radius 1 is 1.09 bits per heavy atom. The van der Waals surface area contributed by atoms with Gasteiger partial charge in [-0.05, 0) is 41.9 Å². The van der Waals surface area contributed by atoms with Crippen LogP contribution >= 0.6 is 11.5 Å². The molecule has 2 heterocycles. The summed E-state index contributed by atoms with van der Waals surface area (Å²) in [5.74, 6) is -0.879. The third kappa shape index (κ3) is 5.02. The Morgan fingerprint density at radius 3 is 2.30 bits per heavy atom. The van der Waals surface area contributed by atoms with E-state index in [1.54, 1.807) is 36.4 Å². The number of fused-ring (bicyclic) bond motifs is 1. The van der Waals surface area contributed by atoms with Crippen LogP contribution in [0.4, 0.5) is 13.2 Å². The van der Waals surface area contributed by atoms with Crippen molar-refractivity contribution in [3.05, 3.63) is 92.4 Å². The highest BCUT2D eigenvalue weighted by Gasteiger charge is 2.35. The minimum atomic E-state index is -4.81. The van der Waals surface area contributed by atoms with Gasteiger partial charge in [-0.2, -0.15) is 17.5 Å². The van der Waals surface area contributed by atoms with Crippen molar-refractivity contribution in [3.63, 3.8) is 0 Å². The predicted octanol–water partition coefficient (Wildman–Crippen LogP) is 3.04. The van der Waals surface area contributed by atoms with Crippen molar-refractivity contribution >= 4 is 27.6 Å². The van der Waals surface area contributed by atoms with Crippen LogP contribution in [0, 0.1) is 0 Å². The predicted molar refractivity (Wildman–Crippen MR) is 115 cm³/mol. The second-order valence-corrected chi connectivity index (χ2v) is 7.49. The first kappa shape index (κ1) is 23.9. The van der Waals surface area contributed by atoms with Crippen LogP contribution in [0.2, 0.25) is 0 Å². The fourth-order valence-electron chi connectivity index (χ4n) is 2.95. The maximum Gasteiger partial charge on any atom is 0.431 e. The van der Waals surface area contributed by atoms with Gasteiger partial charge in [0.2, 0.25) is 0 Å². The van der Waals surface area contributed by atoms with E-state index in [0.717, 1.165) is 23.3 Å². The lowest BCUT2D eigenvalue weighted by Crippen LogP contribution is -2.40.